The summed E-state index contributed by atoms with van der Waals surface area (Å²) >= 11 is 0. The first kappa shape index (κ1) is 28.4. The van der Waals surface area contributed by atoms with E-state index in [1.807, 2.05) is 0 Å². The van der Waals surface area contributed by atoms with E-state index in [4.69, 9.17) is 14.2 Å². The highest BCUT2D eigenvalue weighted by Crippen LogP contribution is 2.42. The van der Waals surface area contributed by atoms with Gasteiger partial charge in [0.15, 0.2) is 23.1 Å². The number of anilines is 1. The lowest BCUT2D eigenvalue weighted by Gasteiger charge is -2.15. The van der Waals surface area contributed by atoms with Crippen molar-refractivity contribution in [2.75, 3.05) is 19.5 Å². The van der Waals surface area contributed by atoms with Gasteiger partial charge >= 0.3 is 0 Å². The number of ether oxygens (including phenoxy) is 3. The van der Waals surface area contributed by atoms with Crippen LogP contribution in [0.4, 0.5) is 14.5 Å². The Hall–Kier alpha value is -5.76. The van der Waals surface area contributed by atoms with Crippen LogP contribution in [0, 0.1) is 23.0 Å². The highest BCUT2D eigenvalue weighted by molar-refractivity contribution is 6.04. The smallest absolute Gasteiger partial charge is 0.269 e. The van der Waals surface area contributed by atoms with Gasteiger partial charge < -0.3 is 19.5 Å². The number of nitrogens with one attached hydrogen (secondary N) is 1. The first-order valence-electron chi connectivity index (χ1n) is 13.6. The highest BCUT2D eigenvalue weighted by atomic mass is 19.1. The second kappa shape index (κ2) is 11.5. The quantitative estimate of drug-likeness (QED) is 0.219. The van der Waals surface area contributed by atoms with Crippen LogP contribution in [0.3, 0.4) is 0 Å². The fourth-order valence-corrected chi connectivity index (χ4v) is 4.97. The molecule has 1 aliphatic carbocycles. The minimum atomic E-state index is -0.786. The van der Waals surface area contributed by atoms with Crippen molar-refractivity contribution < 1.29 is 27.8 Å². The van der Waals surface area contributed by atoms with Crippen molar-refractivity contribution in [3.8, 4) is 34.8 Å². The summed E-state index contributed by atoms with van der Waals surface area (Å²) in [6.45, 7) is 0. The van der Waals surface area contributed by atoms with Crippen LogP contribution < -0.4 is 25.1 Å². The number of methoxy groups -OCH3 is 2. The molecule has 0 aliphatic heterocycles. The number of carbonyl (C=O) groups is 1. The van der Waals surface area contributed by atoms with Gasteiger partial charge in [-0.2, -0.15) is 5.26 Å². The summed E-state index contributed by atoms with van der Waals surface area (Å²) in [5, 5.41) is 13.0. The maximum absolute atomic E-state index is 15.3. The van der Waals surface area contributed by atoms with Gasteiger partial charge in [-0.1, -0.05) is 0 Å². The van der Waals surface area contributed by atoms with Gasteiger partial charge in [-0.3, -0.25) is 19.1 Å². The van der Waals surface area contributed by atoms with E-state index in [9.17, 15) is 19.2 Å². The van der Waals surface area contributed by atoms with Crippen molar-refractivity contribution >= 4 is 22.5 Å². The van der Waals surface area contributed by atoms with Crippen LogP contribution in [0.5, 0.6) is 23.0 Å². The molecule has 0 saturated heterocycles. The number of carbonyl (C=O) groups excluding carboxylic acids is 1. The molecule has 0 atom stereocenters. The van der Waals surface area contributed by atoms with Gasteiger partial charge in [-0.05, 0) is 78.9 Å². The number of nitrogens with zero attached hydrogens (tertiary/aromatic N) is 3. The maximum Gasteiger partial charge on any atom is 0.269 e. The highest BCUT2D eigenvalue weighted by Gasteiger charge is 2.31. The topological polar surface area (TPSA) is 115 Å². The predicted molar refractivity (Wildman–Crippen MR) is 158 cm³/mol. The molecular weight excluding hydrogens is 570 g/mol. The summed E-state index contributed by atoms with van der Waals surface area (Å²) in [7, 11) is 3.00. The van der Waals surface area contributed by atoms with Crippen molar-refractivity contribution in [1.82, 2.24) is 9.55 Å². The van der Waals surface area contributed by atoms with E-state index in [0.29, 0.717) is 33.7 Å². The minimum Gasteiger partial charge on any atom is -0.493 e. The van der Waals surface area contributed by atoms with E-state index in [1.54, 1.807) is 18.2 Å². The van der Waals surface area contributed by atoms with Gasteiger partial charge in [0, 0.05) is 29.4 Å². The molecule has 2 aromatic heterocycles. The van der Waals surface area contributed by atoms with Crippen LogP contribution in [0.2, 0.25) is 0 Å². The summed E-state index contributed by atoms with van der Waals surface area (Å²) in [4.78, 5) is 31.2. The van der Waals surface area contributed by atoms with Gasteiger partial charge in [0.1, 0.15) is 28.9 Å². The fraction of sp³-hybridized carbons (Fsp3) is 0.152. The molecule has 0 radical (unpaired) electrons. The molecule has 1 fully saturated rings. The number of rotatable bonds is 8. The SMILES string of the molecule is COc1cc2nccc(Oc3ccc(NC(=O)c4cc(C5CC5)c(C#N)n(-c5ccc(F)cc5)c4=O)cc3F)c2cc1OC. The summed E-state index contributed by atoms with van der Waals surface area (Å²) in [5.41, 5.74) is 0.523. The Labute approximate surface area is 249 Å². The zero-order valence-electron chi connectivity index (χ0n) is 23.6. The summed E-state index contributed by atoms with van der Waals surface area (Å²) in [6.07, 6.45) is 3.12. The fourth-order valence-electron chi connectivity index (χ4n) is 4.97. The molecule has 9 nitrogen and oxygen atoms in total. The Bertz CT molecular complexity index is 2030. The Kier molecular flexibility index (Phi) is 7.41. The van der Waals surface area contributed by atoms with Crippen LogP contribution in [0.25, 0.3) is 16.6 Å². The molecule has 1 amide bonds. The van der Waals surface area contributed by atoms with Gasteiger partial charge in [-0.25, -0.2) is 8.78 Å². The average Bonchev–Trinajstić information content (AvgIpc) is 3.87. The van der Waals surface area contributed by atoms with E-state index in [1.165, 1.54) is 62.9 Å². The molecule has 0 bridgehead atoms. The molecule has 5 aromatic rings. The molecule has 6 rings (SSSR count). The lowest BCUT2D eigenvalue weighted by atomic mass is 10.0. The van der Waals surface area contributed by atoms with Crippen molar-refractivity contribution in [1.29, 1.82) is 5.26 Å². The van der Waals surface area contributed by atoms with Crippen LogP contribution in [-0.4, -0.2) is 29.7 Å². The molecule has 44 heavy (non-hydrogen) atoms. The van der Waals surface area contributed by atoms with Crippen LogP contribution in [0.1, 0.15) is 40.4 Å². The van der Waals surface area contributed by atoms with Gasteiger partial charge in [0.25, 0.3) is 11.5 Å². The van der Waals surface area contributed by atoms with E-state index < -0.39 is 23.1 Å². The molecule has 3 aromatic carbocycles. The van der Waals surface area contributed by atoms with E-state index >= 15 is 4.39 Å². The van der Waals surface area contributed by atoms with Crippen molar-refractivity contribution in [2.24, 2.45) is 0 Å². The predicted octanol–water partition coefficient (Wildman–Crippen LogP) is 6.47. The van der Waals surface area contributed by atoms with Crippen molar-refractivity contribution in [3.05, 3.63) is 112 Å². The van der Waals surface area contributed by atoms with E-state index in [-0.39, 0.29) is 34.3 Å². The number of amides is 1. The number of nitriles is 1. The third kappa shape index (κ3) is 5.29. The van der Waals surface area contributed by atoms with Gasteiger partial charge in [0.05, 0.1) is 25.4 Å². The number of benzene rings is 3. The van der Waals surface area contributed by atoms with Gasteiger partial charge in [0.2, 0.25) is 0 Å². The molecule has 220 valence electrons. The minimum absolute atomic E-state index is 0.0164. The lowest BCUT2D eigenvalue weighted by Crippen LogP contribution is -2.31. The zero-order valence-corrected chi connectivity index (χ0v) is 23.6. The monoisotopic (exact) mass is 594 g/mol. The van der Waals surface area contributed by atoms with Crippen molar-refractivity contribution in [2.45, 2.75) is 18.8 Å². The number of pyridine rings is 2. The Morgan fingerprint density at radius 3 is 2.34 bits per heavy atom. The average molecular weight is 595 g/mol. The van der Waals surface area contributed by atoms with E-state index in [2.05, 4.69) is 16.4 Å². The lowest BCUT2D eigenvalue weighted by molar-refractivity contribution is 0.102. The normalized spacial score (nSPS) is 12.4. The summed E-state index contributed by atoms with van der Waals surface area (Å²) in [5.74, 6) is -0.918. The zero-order chi connectivity index (χ0) is 31.0. The molecule has 1 saturated carbocycles. The largest absolute Gasteiger partial charge is 0.493 e. The molecule has 0 spiro atoms. The number of fused-ring (bicyclic) bond motifs is 1. The van der Waals surface area contributed by atoms with E-state index in [0.717, 1.165) is 23.5 Å². The Morgan fingerprint density at radius 2 is 1.68 bits per heavy atom. The summed E-state index contributed by atoms with van der Waals surface area (Å²) < 4.78 is 46.5. The number of aromatic nitrogens is 2. The molecule has 2 heterocycles. The number of hydrogen-bond donors (Lipinski definition) is 1. The van der Waals surface area contributed by atoms with Crippen LogP contribution >= 0.6 is 0 Å². The third-order valence-electron chi connectivity index (χ3n) is 7.30. The molecule has 11 heteroatoms. The van der Waals surface area contributed by atoms with Crippen LogP contribution in [-0.2, 0) is 0 Å². The number of halogens is 2. The van der Waals surface area contributed by atoms with Gasteiger partial charge in [-0.15, -0.1) is 0 Å². The third-order valence-corrected chi connectivity index (χ3v) is 7.30. The molecule has 1 aliphatic rings. The first-order chi connectivity index (χ1) is 21.3. The standard InChI is InChI=1S/C33H24F2N4O5/c1-42-30-15-23-26(16-31(30)43-2)37-12-11-28(23)44-29-10-7-20(13-25(29)35)38-32(40)24-14-22(18-3-4-18)27(17-36)39(33(24)41)21-8-5-19(34)6-9-21/h5-16,18H,3-4H2,1-2H3,(H,38,40). The first-order valence-corrected chi connectivity index (χ1v) is 13.6. The summed E-state index contributed by atoms with van der Waals surface area (Å²) in [6, 6.07) is 17.3. The Balaban J connectivity index is 1.31. The Morgan fingerprint density at radius 1 is 0.955 bits per heavy atom. The second-order valence-electron chi connectivity index (χ2n) is 10.1. The van der Waals surface area contributed by atoms with Crippen molar-refractivity contribution in [3.63, 3.8) is 0 Å². The van der Waals surface area contributed by atoms with Crippen LogP contribution in [0.15, 0.2) is 77.7 Å². The molecular formula is C33H24F2N4O5. The second-order valence-corrected chi connectivity index (χ2v) is 10.1. The number of hydrogen-bond acceptors (Lipinski definition) is 7. The molecule has 1 N–H and O–H groups in total. The maximum atomic E-state index is 15.3. The molecule has 0 unspecified atom stereocenters.